The minimum atomic E-state index is 0.506. The lowest BCUT2D eigenvalue weighted by Gasteiger charge is -2.17. The zero-order chi connectivity index (χ0) is 10.1. The molecule has 0 bridgehead atoms. The summed E-state index contributed by atoms with van der Waals surface area (Å²) >= 11 is 0. The topological polar surface area (TPSA) is 40.7 Å². The van der Waals surface area contributed by atoms with Crippen LogP contribution >= 0.6 is 0 Å². The van der Waals surface area contributed by atoms with Crippen LogP contribution in [0.15, 0.2) is 36.8 Å². The molecular formula is C12H13N3. The average Bonchev–Trinajstić information content (AvgIpc) is 2.77. The van der Waals surface area contributed by atoms with Gasteiger partial charge in [0.15, 0.2) is 0 Å². The Morgan fingerprint density at radius 3 is 3.27 bits per heavy atom. The predicted molar refractivity (Wildman–Crippen MR) is 60.6 cm³/mol. The van der Waals surface area contributed by atoms with Crippen molar-refractivity contribution in [1.82, 2.24) is 15.3 Å². The van der Waals surface area contributed by atoms with Gasteiger partial charge in [-0.2, -0.15) is 0 Å². The number of pyridine rings is 1. The van der Waals surface area contributed by atoms with Gasteiger partial charge in [0.2, 0.25) is 0 Å². The van der Waals surface area contributed by atoms with Crippen LogP contribution in [-0.4, -0.2) is 16.5 Å². The van der Waals surface area contributed by atoms with Crippen molar-refractivity contribution >= 4 is 11.0 Å². The SMILES string of the molecule is C1=CC(c2cnc3cc[nH]c3c2)CCN1. The maximum absolute atomic E-state index is 4.43. The molecule has 3 heteroatoms. The van der Waals surface area contributed by atoms with Crippen LogP contribution in [0.25, 0.3) is 11.0 Å². The third-order valence-electron chi connectivity index (χ3n) is 2.89. The molecule has 0 fully saturated rings. The standard InChI is InChI=1S/C12H13N3/c1-4-13-5-2-9(1)10-7-12-11(15-8-10)3-6-14-12/h1,3-4,6-9,13-14H,2,5H2. The van der Waals surface area contributed by atoms with Crippen molar-refractivity contribution in [3.63, 3.8) is 0 Å². The Kier molecular flexibility index (Phi) is 1.95. The van der Waals surface area contributed by atoms with Gasteiger partial charge >= 0.3 is 0 Å². The van der Waals surface area contributed by atoms with Crippen molar-refractivity contribution in [2.75, 3.05) is 6.54 Å². The molecule has 1 aliphatic rings. The lowest BCUT2D eigenvalue weighted by atomic mass is 9.95. The number of aromatic nitrogens is 2. The van der Waals surface area contributed by atoms with Gasteiger partial charge in [-0.25, -0.2) is 0 Å². The molecule has 3 heterocycles. The number of rotatable bonds is 1. The van der Waals surface area contributed by atoms with Gasteiger partial charge in [-0.3, -0.25) is 4.98 Å². The van der Waals surface area contributed by atoms with Crippen molar-refractivity contribution in [2.24, 2.45) is 0 Å². The van der Waals surface area contributed by atoms with Gasteiger partial charge < -0.3 is 10.3 Å². The second kappa shape index (κ2) is 3.42. The van der Waals surface area contributed by atoms with Crippen LogP contribution in [0.3, 0.4) is 0 Å². The van der Waals surface area contributed by atoms with E-state index in [1.165, 1.54) is 5.56 Å². The van der Waals surface area contributed by atoms with Crippen molar-refractivity contribution in [3.05, 3.63) is 42.4 Å². The van der Waals surface area contributed by atoms with Crippen molar-refractivity contribution < 1.29 is 0 Å². The molecule has 0 amide bonds. The van der Waals surface area contributed by atoms with Crippen LogP contribution in [0, 0.1) is 0 Å². The molecule has 3 nitrogen and oxygen atoms in total. The fourth-order valence-corrected chi connectivity index (χ4v) is 2.03. The number of aromatic amines is 1. The number of fused-ring (bicyclic) bond motifs is 1. The summed E-state index contributed by atoms with van der Waals surface area (Å²) in [5.41, 5.74) is 3.46. The predicted octanol–water partition coefficient (Wildman–Crippen LogP) is 2.15. The second-order valence-electron chi connectivity index (χ2n) is 3.89. The van der Waals surface area contributed by atoms with Crippen LogP contribution in [0.2, 0.25) is 0 Å². The Morgan fingerprint density at radius 2 is 2.40 bits per heavy atom. The summed E-state index contributed by atoms with van der Waals surface area (Å²) in [5.74, 6) is 0.506. The highest BCUT2D eigenvalue weighted by Crippen LogP contribution is 2.24. The fourth-order valence-electron chi connectivity index (χ4n) is 2.03. The number of nitrogens with one attached hydrogen (secondary N) is 2. The molecule has 2 aromatic heterocycles. The maximum atomic E-state index is 4.43. The zero-order valence-electron chi connectivity index (χ0n) is 8.40. The van der Waals surface area contributed by atoms with Gasteiger partial charge in [-0.1, -0.05) is 6.08 Å². The monoisotopic (exact) mass is 199 g/mol. The lowest BCUT2D eigenvalue weighted by molar-refractivity contribution is 0.656. The van der Waals surface area contributed by atoms with E-state index in [1.54, 1.807) is 0 Å². The van der Waals surface area contributed by atoms with Gasteiger partial charge in [-0.05, 0) is 30.3 Å². The Balaban J connectivity index is 2.02. The van der Waals surface area contributed by atoms with Crippen molar-refractivity contribution in [2.45, 2.75) is 12.3 Å². The quantitative estimate of drug-likeness (QED) is 0.738. The van der Waals surface area contributed by atoms with Gasteiger partial charge in [0, 0.05) is 24.9 Å². The molecule has 3 rings (SSSR count). The molecule has 15 heavy (non-hydrogen) atoms. The summed E-state index contributed by atoms with van der Waals surface area (Å²) in [7, 11) is 0. The highest BCUT2D eigenvalue weighted by molar-refractivity contribution is 5.75. The smallest absolute Gasteiger partial charge is 0.0878 e. The summed E-state index contributed by atoms with van der Waals surface area (Å²) in [6.07, 6.45) is 9.29. The van der Waals surface area contributed by atoms with Crippen LogP contribution in [0.1, 0.15) is 17.9 Å². The van der Waals surface area contributed by atoms with Crippen LogP contribution < -0.4 is 5.32 Å². The number of hydrogen-bond donors (Lipinski definition) is 2. The maximum Gasteiger partial charge on any atom is 0.0878 e. The van der Waals surface area contributed by atoms with Crippen LogP contribution in [0.5, 0.6) is 0 Å². The highest BCUT2D eigenvalue weighted by atomic mass is 14.8. The zero-order valence-corrected chi connectivity index (χ0v) is 8.40. The first-order chi connectivity index (χ1) is 7.43. The number of hydrogen-bond acceptors (Lipinski definition) is 2. The Labute approximate surface area is 88.2 Å². The van der Waals surface area contributed by atoms with E-state index in [0.29, 0.717) is 5.92 Å². The summed E-state index contributed by atoms with van der Waals surface area (Å²) in [6, 6.07) is 4.19. The van der Waals surface area contributed by atoms with Crippen LogP contribution in [0.4, 0.5) is 0 Å². The first-order valence-electron chi connectivity index (χ1n) is 5.26. The van der Waals surface area contributed by atoms with E-state index in [0.717, 1.165) is 24.0 Å². The summed E-state index contributed by atoms with van der Waals surface area (Å²) < 4.78 is 0. The van der Waals surface area contributed by atoms with Gasteiger partial charge in [0.25, 0.3) is 0 Å². The van der Waals surface area contributed by atoms with E-state index in [4.69, 9.17) is 0 Å². The lowest BCUT2D eigenvalue weighted by Crippen LogP contribution is -2.16. The molecule has 1 unspecified atom stereocenters. The number of nitrogens with zero attached hydrogens (tertiary/aromatic N) is 1. The van der Waals surface area contributed by atoms with E-state index >= 15 is 0 Å². The van der Waals surface area contributed by atoms with Crippen molar-refractivity contribution in [1.29, 1.82) is 0 Å². The van der Waals surface area contributed by atoms with Crippen molar-refractivity contribution in [3.8, 4) is 0 Å². The summed E-state index contributed by atoms with van der Waals surface area (Å²) in [5, 5.41) is 3.21. The molecular weight excluding hydrogens is 186 g/mol. The Bertz CT molecular complexity index is 498. The minimum Gasteiger partial charge on any atom is -0.391 e. The highest BCUT2D eigenvalue weighted by Gasteiger charge is 2.11. The van der Waals surface area contributed by atoms with E-state index < -0.39 is 0 Å². The first-order valence-corrected chi connectivity index (χ1v) is 5.26. The molecule has 2 aromatic rings. The number of H-pyrrole nitrogens is 1. The first kappa shape index (κ1) is 8.53. The molecule has 2 N–H and O–H groups in total. The molecule has 76 valence electrons. The second-order valence-corrected chi connectivity index (χ2v) is 3.89. The van der Waals surface area contributed by atoms with Gasteiger partial charge in [0.05, 0.1) is 11.0 Å². The third kappa shape index (κ3) is 1.50. The van der Waals surface area contributed by atoms with E-state index in [2.05, 4.69) is 27.4 Å². The average molecular weight is 199 g/mol. The minimum absolute atomic E-state index is 0.506. The molecule has 0 aromatic carbocycles. The summed E-state index contributed by atoms with van der Waals surface area (Å²) in [6.45, 7) is 1.05. The Morgan fingerprint density at radius 1 is 1.40 bits per heavy atom. The molecule has 1 aliphatic heterocycles. The molecule has 1 atom stereocenters. The molecule has 0 radical (unpaired) electrons. The summed E-state index contributed by atoms with van der Waals surface area (Å²) in [4.78, 5) is 7.63. The molecule has 0 saturated heterocycles. The molecule has 0 aliphatic carbocycles. The largest absolute Gasteiger partial charge is 0.391 e. The van der Waals surface area contributed by atoms with Crippen LogP contribution in [-0.2, 0) is 0 Å². The molecule has 0 spiro atoms. The fraction of sp³-hybridized carbons (Fsp3) is 0.250. The van der Waals surface area contributed by atoms with Gasteiger partial charge in [0.1, 0.15) is 0 Å². The van der Waals surface area contributed by atoms with E-state index in [1.807, 2.05) is 24.7 Å². The van der Waals surface area contributed by atoms with E-state index in [-0.39, 0.29) is 0 Å². The normalized spacial score (nSPS) is 20.4. The number of allylic oxidation sites excluding steroid dienone is 1. The van der Waals surface area contributed by atoms with E-state index in [9.17, 15) is 0 Å². The third-order valence-corrected chi connectivity index (χ3v) is 2.89. The van der Waals surface area contributed by atoms with Gasteiger partial charge in [-0.15, -0.1) is 0 Å². The molecule has 0 saturated carbocycles. The Hall–Kier alpha value is -1.77.